The molecule has 2 heterocycles. The average molecular weight is 626 g/mol. The summed E-state index contributed by atoms with van der Waals surface area (Å²) in [6.45, 7) is 0.0919. The van der Waals surface area contributed by atoms with Crippen molar-refractivity contribution in [3.05, 3.63) is 50.6 Å². The van der Waals surface area contributed by atoms with Gasteiger partial charge >= 0.3 is 18.3 Å². The zero-order chi connectivity index (χ0) is 30.0. The molecule has 0 spiro atoms. The Kier molecular flexibility index (Phi) is 9.31. The number of nitrogens with one attached hydrogen (secondary N) is 2. The fraction of sp³-hybridized carbons (Fsp3) is 0.261. The standard InChI is InChI=1S/C23H17F6N3O5S3/c1-10(19(36)30-7-18(34)35)31-17(33)8-32-20(37)16(40-21(32)38)6-15-4-12(9-39-15)11-2-13(22(24,25)26)5-14(3-11)23(27,28)29/h2-6,9-10H,7-8H2,1H3,(H,30,36)(H,31,33)(H,34,35)/b16-6-/t10-/m0/s1. The van der Waals surface area contributed by atoms with Crippen molar-refractivity contribution < 1.29 is 50.6 Å². The van der Waals surface area contributed by atoms with Gasteiger partial charge in [-0.2, -0.15) is 26.3 Å². The van der Waals surface area contributed by atoms with Crippen LogP contribution in [0, 0.1) is 0 Å². The van der Waals surface area contributed by atoms with Crippen molar-refractivity contribution >= 4 is 69.4 Å². The normalized spacial score (nSPS) is 15.9. The van der Waals surface area contributed by atoms with E-state index in [1.165, 1.54) is 24.4 Å². The molecule has 3 rings (SSSR count). The molecule has 40 heavy (non-hydrogen) atoms. The molecule has 1 saturated heterocycles. The molecule has 1 aliphatic heterocycles. The summed E-state index contributed by atoms with van der Waals surface area (Å²) >= 11 is 6.93. The molecule has 8 nitrogen and oxygen atoms in total. The van der Waals surface area contributed by atoms with Gasteiger partial charge in [-0.3, -0.25) is 24.1 Å². The van der Waals surface area contributed by atoms with Crippen LogP contribution in [0.2, 0.25) is 0 Å². The number of carbonyl (C=O) groups excluding carboxylic acids is 3. The summed E-state index contributed by atoms with van der Waals surface area (Å²) in [5, 5.41) is 14.3. The first-order chi connectivity index (χ1) is 18.5. The lowest BCUT2D eigenvalue weighted by Gasteiger charge is -2.17. The van der Waals surface area contributed by atoms with E-state index in [9.17, 15) is 45.5 Å². The van der Waals surface area contributed by atoms with Gasteiger partial charge in [0, 0.05) is 4.88 Å². The molecule has 1 aliphatic rings. The molecule has 17 heteroatoms. The van der Waals surface area contributed by atoms with E-state index in [1.54, 1.807) is 0 Å². The van der Waals surface area contributed by atoms with Gasteiger partial charge in [0.05, 0.1) is 16.0 Å². The molecule has 0 radical (unpaired) electrons. The molecule has 1 fully saturated rings. The highest BCUT2D eigenvalue weighted by atomic mass is 32.2. The maximum Gasteiger partial charge on any atom is 0.416 e. The summed E-state index contributed by atoms with van der Waals surface area (Å²) < 4.78 is 79.2. The maximum atomic E-state index is 13.2. The third-order valence-electron chi connectivity index (χ3n) is 5.17. The Labute approximate surface area is 235 Å². The number of thiophene rings is 1. The lowest BCUT2D eigenvalue weighted by molar-refractivity contribution is -0.143. The molecule has 214 valence electrons. The third kappa shape index (κ3) is 7.82. The van der Waals surface area contributed by atoms with Gasteiger partial charge in [0.2, 0.25) is 11.8 Å². The molecule has 2 aromatic rings. The first-order valence-corrected chi connectivity index (χ1v) is 13.0. The van der Waals surface area contributed by atoms with Crippen molar-refractivity contribution in [3.63, 3.8) is 0 Å². The van der Waals surface area contributed by atoms with Crippen LogP contribution in [0.4, 0.5) is 26.3 Å². The summed E-state index contributed by atoms with van der Waals surface area (Å²) in [7, 11) is 0. The van der Waals surface area contributed by atoms with Gasteiger partial charge in [-0.15, -0.1) is 11.3 Å². The lowest BCUT2D eigenvalue weighted by atomic mass is 10.0. The molecule has 0 saturated carbocycles. The molecule has 0 bridgehead atoms. The highest BCUT2D eigenvalue weighted by Crippen LogP contribution is 2.40. The number of carbonyl (C=O) groups is 4. The number of benzene rings is 1. The molecule has 3 N–H and O–H groups in total. The van der Waals surface area contributed by atoms with Crippen LogP contribution >= 0.6 is 35.3 Å². The Morgan fingerprint density at radius 3 is 2.20 bits per heavy atom. The second kappa shape index (κ2) is 12.0. The van der Waals surface area contributed by atoms with Crippen molar-refractivity contribution in [2.75, 3.05) is 13.1 Å². The van der Waals surface area contributed by atoms with E-state index >= 15 is 0 Å². The number of carboxylic acid groups (broad SMARTS) is 1. The van der Waals surface area contributed by atoms with Gasteiger partial charge in [-0.1, -0.05) is 24.0 Å². The number of carboxylic acids is 1. The first kappa shape index (κ1) is 31.1. The van der Waals surface area contributed by atoms with Crippen molar-refractivity contribution in [2.24, 2.45) is 0 Å². The molecule has 0 unspecified atom stereocenters. The smallest absolute Gasteiger partial charge is 0.416 e. The van der Waals surface area contributed by atoms with E-state index < -0.39 is 66.3 Å². The van der Waals surface area contributed by atoms with E-state index in [0.717, 1.165) is 28.0 Å². The topological polar surface area (TPSA) is 116 Å². The molecule has 1 aromatic carbocycles. The third-order valence-corrected chi connectivity index (χ3v) is 7.43. The number of thioether (sulfide) groups is 1. The molecular formula is C23H17F6N3O5S3. The zero-order valence-corrected chi connectivity index (χ0v) is 22.4. The summed E-state index contributed by atoms with van der Waals surface area (Å²) in [6, 6.07) is 1.43. The first-order valence-electron chi connectivity index (χ1n) is 10.9. The zero-order valence-electron chi connectivity index (χ0n) is 20.0. The number of hydrogen-bond acceptors (Lipinski definition) is 7. The number of thiocarbonyl (C=S) groups is 1. The average Bonchev–Trinajstić information content (AvgIpc) is 3.41. The Morgan fingerprint density at radius 1 is 1.05 bits per heavy atom. The van der Waals surface area contributed by atoms with Crippen LogP contribution < -0.4 is 10.6 Å². The van der Waals surface area contributed by atoms with Crippen LogP contribution in [0.3, 0.4) is 0 Å². The Bertz CT molecular complexity index is 1370. The predicted octanol–water partition coefficient (Wildman–Crippen LogP) is 4.36. The van der Waals surface area contributed by atoms with Crippen LogP contribution in [0.25, 0.3) is 17.2 Å². The van der Waals surface area contributed by atoms with Crippen LogP contribution in [0.5, 0.6) is 0 Å². The molecule has 1 aromatic heterocycles. The summed E-state index contributed by atoms with van der Waals surface area (Å²) in [5.74, 6) is -3.49. The fourth-order valence-electron chi connectivity index (χ4n) is 3.28. The highest BCUT2D eigenvalue weighted by Gasteiger charge is 2.37. The van der Waals surface area contributed by atoms with E-state index in [0.29, 0.717) is 17.0 Å². The Morgan fingerprint density at radius 2 is 1.65 bits per heavy atom. The van der Waals surface area contributed by atoms with Gasteiger partial charge in [0.1, 0.15) is 23.5 Å². The number of halogens is 6. The Balaban J connectivity index is 1.75. The van der Waals surface area contributed by atoms with Crippen LogP contribution in [0.15, 0.2) is 34.6 Å². The molecular weight excluding hydrogens is 608 g/mol. The minimum absolute atomic E-state index is 0.00106. The van der Waals surface area contributed by atoms with E-state index in [-0.39, 0.29) is 26.4 Å². The monoisotopic (exact) mass is 625 g/mol. The second-order valence-corrected chi connectivity index (χ2v) is 10.8. The maximum absolute atomic E-state index is 13.2. The number of nitrogens with zero attached hydrogens (tertiary/aromatic N) is 1. The fourth-order valence-corrected chi connectivity index (χ4v) is 5.45. The van der Waals surface area contributed by atoms with Gasteiger partial charge in [0.15, 0.2) is 0 Å². The van der Waals surface area contributed by atoms with Crippen molar-refractivity contribution in [3.8, 4) is 11.1 Å². The van der Waals surface area contributed by atoms with E-state index in [2.05, 4.69) is 10.6 Å². The van der Waals surface area contributed by atoms with Gasteiger partial charge < -0.3 is 15.7 Å². The summed E-state index contributed by atoms with van der Waals surface area (Å²) in [5.41, 5.74) is -3.17. The number of alkyl halides is 6. The molecule has 1 atom stereocenters. The number of aliphatic carboxylic acids is 1. The van der Waals surface area contributed by atoms with Crippen molar-refractivity contribution in [2.45, 2.75) is 25.3 Å². The van der Waals surface area contributed by atoms with Crippen molar-refractivity contribution in [1.29, 1.82) is 0 Å². The van der Waals surface area contributed by atoms with Gasteiger partial charge in [-0.25, -0.2) is 0 Å². The SMILES string of the molecule is C[C@H](NC(=O)CN1C(=O)/C(=C/c2cc(-c3cc(C(F)(F)F)cc(C(F)(F)F)c3)cs2)SC1=S)C(=O)NCC(=O)O. The number of rotatable bonds is 8. The van der Waals surface area contributed by atoms with Gasteiger partial charge in [0.25, 0.3) is 5.91 Å². The van der Waals surface area contributed by atoms with Crippen LogP contribution in [-0.2, 0) is 31.5 Å². The minimum Gasteiger partial charge on any atom is -0.480 e. The number of hydrogen-bond donors (Lipinski definition) is 3. The summed E-state index contributed by atoms with van der Waals surface area (Å²) in [4.78, 5) is 48.8. The minimum atomic E-state index is -5.00. The van der Waals surface area contributed by atoms with Gasteiger partial charge in [-0.05, 0) is 53.8 Å². The van der Waals surface area contributed by atoms with E-state index in [1.807, 2.05) is 0 Å². The Hall–Kier alpha value is -3.44. The molecule has 0 aliphatic carbocycles. The van der Waals surface area contributed by atoms with E-state index in [4.69, 9.17) is 17.3 Å². The highest BCUT2D eigenvalue weighted by molar-refractivity contribution is 8.26. The van der Waals surface area contributed by atoms with Crippen LogP contribution in [0.1, 0.15) is 22.9 Å². The lowest BCUT2D eigenvalue weighted by Crippen LogP contribution is -2.49. The summed E-state index contributed by atoms with van der Waals surface area (Å²) in [6.07, 6.45) is -8.67. The quantitative estimate of drug-likeness (QED) is 0.227. The molecule has 3 amide bonds. The van der Waals surface area contributed by atoms with Crippen LogP contribution in [-0.4, -0.2) is 57.1 Å². The predicted molar refractivity (Wildman–Crippen MR) is 138 cm³/mol. The number of amides is 3. The van der Waals surface area contributed by atoms with Crippen molar-refractivity contribution in [1.82, 2.24) is 15.5 Å². The second-order valence-electron chi connectivity index (χ2n) is 8.20. The largest absolute Gasteiger partial charge is 0.480 e.